The SMILES string of the molecule is CCOC(=O)CN(C)C(N)=NP(=O)(OC(OC(=O)OCCc1ccccc1)C(C)C)OC(OC(=O)OCCc1ccccc1)C(C)C. The highest BCUT2D eigenvalue weighted by Gasteiger charge is 2.39. The summed E-state index contributed by atoms with van der Waals surface area (Å²) in [5, 5.41) is 0. The van der Waals surface area contributed by atoms with E-state index in [1.165, 1.54) is 7.05 Å². The molecule has 2 aromatic rings. The third-order valence-corrected chi connectivity index (χ3v) is 7.58. The van der Waals surface area contributed by atoms with Crippen LogP contribution in [0.1, 0.15) is 45.7 Å². The van der Waals surface area contributed by atoms with Gasteiger partial charge in [0.15, 0.2) is 0 Å². The monoisotopic (exact) mass is 679 g/mol. The summed E-state index contributed by atoms with van der Waals surface area (Å²) in [5.41, 5.74) is 7.96. The molecule has 0 fully saturated rings. The Labute approximate surface area is 276 Å². The van der Waals surface area contributed by atoms with Crippen molar-refractivity contribution >= 4 is 32.0 Å². The number of hydrogen-bond donors (Lipinski definition) is 1. The highest BCUT2D eigenvalue weighted by atomic mass is 31.2. The molecule has 0 aromatic heterocycles. The van der Waals surface area contributed by atoms with Gasteiger partial charge in [-0.15, -0.1) is 4.76 Å². The van der Waals surface area contributed by atoms with E-state index in [0.29, 0.717) is 12.8 Å². The second-order valence-corrected chi connectivity index (χ2v) is 12.5. The molecule has 0 aliphatic heterocycles. The fraction of sp³-hybridized carbons (Fsp3) is 0.500. The fourth-order valence-corrected chi connectivity index (χ4v) is 5.27. The van der Waals surface area contributed by atoms with Crippen molar-refractivity contribution < 1.29 is 51.7 Å². The van der Waals surface area contributed by atoms with Crippen molar-refractivity contribution in [3.05, 3.63) is 71.8 Å². The third kappa shape index (κ3) is 15.3. The molecular formula is C32H46N3O11P. The van der Waals surface area contributed by atoms with Gasteiger partial charge in [-0.3, -0.25) is 4.79 Å². The maximum absolute atomic E-state index is 14.2. The Morgan fingerprint density at radius 2 is 1.19 bits per heavy atom. The number of hydrogen-bond acceptors (Lipinski definition) is 11. The summed E-state index contributed by atoms with van der Waals surface area (Å²) >= 11 is 0. The molecule has 14 nitrogen and oxygen atoms in total. The van der Waals surface area contributed by atoms with Gasteiger partial charge in [0.1, 0.15) is 6.54 Å². The second kappa shape index (κ2) is 20.2. The van der Waals surface area contributed by atoms with Gasteiger partial charge >= 0.3 is 26.0 Å². The summed E-state index contributed by atoms with van der Waals surface area (Å²) in [4.78, 5) is 38.3. The quantitative estimate of drug-likeness (QED) is 0.0508. The second-order valence-electron chi connectivity index (χ2n) is 10.9. The number of carbonyl (C=O) groups is 3. The van der Waals surface area contributed by atoms with Crippen LogP contribution in [0.5, 0.6) is 0 Å². The third-order valence-electron chi connectivity index (χ3n) is 6.18. The van der Waals surface area contributed by atoms with Crippen LogP contribution in [0.2, 0.25) is 0 Å². The summed E-state index contributed by atoms with van der Waals surface area (Å²) < 4.78 is 55.5. The van der Waals surface area contributed by atoms with Gasteiger partial charge < -0.3 is 34.3 Å². The highest BCUT2D eigenvalue weighted by molar-refractivity contribution is 7.52. The summed E-state index contributed by atoms with van der Waals surface area (Å²) in [6.45, 7) is 8.00. The molecule has 0 saturated heterocycles. The molecule has 2 N–H and O–H groups in total. The standard InChI is InChI=1S/C32H46N3O11P/c1-7-40-27(36)22-35(6)30(33)34-47(39,45-28(23(2)3)43-31(37)41-20-18-25-14-10-8-11-15-25)46-29(24(4)5)44-32(38)42-21-19-26-16-12-9-13-17-26/h8-17,23-24,28-29H,7,18-22H2,1-6H3,(H2,33,34,39). The van der Waals surface area contributed by atoms with Crippen molar-refractivity contribution in [3.8, 4) is 0 Å². The van der Waals surface area contributed by atoms with Crippen molar-refractivity contribution in [1.29, 1.82) is 0 Å². The first kappa shape index (κ1) is 39.1. The first-order chi connectivity index (χ1) is 22.3. The number of carbonyl (C=O) groups excluding carboxylic acids is 3. The maximum Gasteiger partial charge on any atom is 0.510 e. The normalized spacial score (nSPS) is 14.1. The zero-order chi connectivity index (χ0) is 34.8. The van der Waals surface area contributed by atoms with Crippen LogP contribution in [-0.2, 0) is 54.9 Å². The van der Waals surface area contributed by atoms with Crippen LogP contribution in [0.4, 0.5) is 9.59 Å². The predicted molar refractivity (Wildman–Crippen MR) is 173 cm³/mol. The number of likely N-dealkylation sites (N-methyl/N-ethyl adjacent to an activating group) is 1. The van der Waals surface area contributed by atoms with E-state index in [1.807, 2.05) is 60.7 Å². The van der Waals surface area contributed by atoms with Crippen molar-refractivity contribution in [2.24, 2.45) is 22.3 Å². The lowest BCUT2D eigenvalue weighted by atomic mass is 10.2. The summed E-state index contributed by atoms with van der Waals surface area (Å²) in [6.07, 6.45) is -4.28. The maximum atomic E-state index is 14.2. The topological polar surface area (TPSA) is 175 Å². The first-order valence-electron chi connectivity index (χ1n) is 15.3. The van der Waals surface area contributed by atoms with E-state index in [9.17, 15) is 18.9 Å². The molecule has 0 saturated carbocycles. The predicted octanol–water partition coefficient (Wildman–Crippen LogP) is 5.69. The molecule has 0 bridgehead atoms. The molecule has 0 amide bonds. The molecule has 0 radical (unpaired) electrons. The molecule has 0 aliphatic rings. The zero-order valence-corrected chi connectivity index (χ0v) is 28.6. The van der Waals surface area contributed by atoms with Gasteiger partial charge in [0, 0.05) is 31.7 Å². The molecular weight excluding hydrogens is 633 g/mol. The van der Waals surface area contributed by atoms with Gasteiger partial charge in [0.2, 0.25) is 18.5 Å². The van der Waals surface area contributed by atoms with E-state index in [0.717, 1.165) is 16.0 Å². The number of nitrogens with zero attached hydrogens (tertiary/aromatic N) is 2. The minimum Gasteiger partial charge on any atom is -0.465 e. The zero-order valence-electron chi connectivity index (χ0n) is 27.7. The van der Waals surface area contributed by atoms with E-state index in [2.05, 4.69) is 4.76 Å². The Morgan fingerprint density at radius 1 is 0.766 bits per heavy atom. The Hall–Kier alpha value is -4.13. The summed E-state index contributed by atoms with van der Waals surface area (Å²) in [5.74, 6) is -2.21. The van der Waals surface area contributed by atoms with Crippen LogP contribution < -0.4 is 5.73 Å². The van der Waals surface area contributed by atoms with E-state index in [1.54, 1.807) is 34.6 Å². The molecule has 0 heterocycles. The Bertz CT molecular complexity index is 1250. The van der Waals surface area contributed by atoms with Gasteiger partial charge in [-0.05, 0) is 18.1 Å². The van der Waals surface area contributed by atoms with Crippen molar-refractivity contribution in [3.63, 3.8) is 0 Å². The van der Waals surface area contributed by atoms with Gasteiger partial charge in [-0.2, -0.15) is 0 Å². The summed E-state index contributed by atoms with van der Waals surface area (Å²) in [6, 6.07) is 18.7. The minimum atomic E-state index is -4.76. The Kier molecular flexibility index (Phi) is 16.8. The van der Waals surface area contributed by atoms with Gasteiger partial charge in [-0.1, -0.05) is 88.4 Å². The van der Waals surface area contributed by atoms with E-state index < -0.39 is 56.4 Å². The molecule has 260 valence electrons. The van der Waals surface area contributed by atoms with Crippen molar-refractivity contribution in [2.75, 3.05) is 33.4 Å². The smallest absolute Gasteiger partial charge is 0.465 e. The van der Waals surface area contributed by atoms with Gasteiger partial charge in [0.25, 0.3) is 0 Å². The summed E-state index contributed by atoms with van der Waals surface area (Å²) in [7, 11) is -3.36. The lowest BCUT2D eigenvalue weighted by molar-refractivity contribution is -0.143. The molecule has 15 heteroatoms. The van der Waals surface area contributed by atoms with Crippen LogP contribution in [-0.4, -0.2) is 75.1 Å². The molecule has 0 aliphatic carbocycles. The number of guanidine groups is 1. The van der Waals surface area contributed by atoms with Crippen LogP contribution in [0.25, 0.3) is 0 Å². The van der Waals surface area contributed by atoms with Gasteiger partial charge in [0.05, 0.1) is 19.8 Å². The molecule has 2 aromatic carbocycles. The van der Waals surface area contributed by atoms with Crippen molar-refractivity contribution in [2.45, 2.75) is 60.0 Å². The molecule has 2 atom stereocenters. The number of nitrogens with two attached hydrogens (primary N) is 1. The van der Waals surface area contributed by atoms with Crippen LogP contribution in [0.15, 0.2) is 65.4 Å². The van der Waals surface area contributed by atoms with Crippen LogP contribution in [0.3, 0.4) is 0 Å². The van der Waals surface area contributed by atoms with E-state index >= 15 is 0 Å². The van der Waals surface area contributed by atoms with E-state index in [4.69, 9.17) is 38.5 Å². The number of benzene rings is 2. The van der Waals surface area contributed by atoms with Gasteiger partial charge in [-0.25, -0.2) is 23.2 Å². The lowest BCUT2D eigenvalue weighted by Crippen LogP contribution is -2.38. The minimum absolute atomic E-state index is 0.0151. The number of rotatable bonds is 18. The molecule has 2 rings (SSSR count). The first-order valence-corrected chi connectivity index (χ1v) is 16.7. The number of esters is 1. The fourth-order valence-electron chi connectivity index (χ4n) is 3.63. The van der Waals surface area contributed by atoms with E-state index in [-0.39, 0.29) is 26.4 Å². The highest BCUT2D eigenvalue weighted by Crippen LogP contribution is 2.54. The van der Waals surface area contributed by atoms with Crippen LogP contribution >= 0.6 is 7.75 Å². The number of ether oxygens (including phenoxy) is 5. The Morgan fingerprint density at radius 3 is 1.57 bits per heavy atom. The largest absolute Gasteiger partial charge is 0.510 e. The van der Waals surface area contributed by atoms with Crippen LogP contribution in [0, 0.1) is 11.8 Å². The average Bonchev–Trinajstić information content (AvgIpc) is 3.01. The van der Waals surface area contributed by atoms with Crippen molar-refractivity contribution in [1.82, 2.24) is 4.90 Å². The molecule has 0 spiro atoms. The molecule has 47 heavy (non-hydrogen) atoms. The Balaban J connectivity index is 2.21. The molecule has 2 unspecified atom stereocenters. The average molecular weight is 680 g/mol. The lowest BCUT2D eigenvalue weighted by Gasteiger charge is -2.28.